The summed E-state index contributed by atoms with van der Waals surface area (Å²) in [4.78, 5) is 90.3. The van der Waals surface area contributed by atoms with Gasteiger partial charge in [-0.15, -0.1) is 5.10 Å². The van der Waals surface area contributed by atoms with E-state index < -0.39 is 47.0 Å². The van der Waals surface area contributed by atoms with Crippen LogP contribution in [-0.2, 0) is 39.8 Å². The van der Waals surface area contributed by atoms with Gasteiger partial charge in [0.15, 0.2) is 0 Å². The van der Waals surface area contributed by atoms with E-state index in [1.165, 1.54) is 26.9 Å². The predicted molar refractivity (Wildman–Crippen MR) is 257 cm³/mol. The highest BCUT2D eigenvalue weighted by molar-refractivity contribution is 6.41. The van der Waals surface area contributed by atoms with E-state index in [-0.39, 0.29) is 42.9 Å². The predicted octanol–water partition coefficient (Wildman–Crippen LogP) is 6.04. The van der Waals surface area contributed by atoms with Crippen molar-refractivity contribution in [2.75, 3.05) is 55.0 Å². The number of amides is 4. The Hall–Kier alpha value is -6.70. The molecule has 3 fully saturated rings. The number of ether oxygens (including phenoxy) is 3. The van der Waals surface area contributed by atoms with Gasteiger partial charge < -0.3 is 34.2 Å². The number of benzene rings is 3. The molecule has 364 valence electrons. The van der Waals surface area contributed by atoms with E-state index in [4.69, 9.17) is 25.8 Å². The Bertz CT molecular complexity index is 2760. The Morgan fingerprint density at radius 2 is 1.51 bits per heavy atom. The number of nitrogens with zero attached hydrogens (tertiary/aromatic N) is 9. The highest BCUT2D eigenvalue weighted by atomic mass is 35.5. The number of hydrogen-bond donors (Lipinski definition) is 1. The van der Waals surface area contributed by atoms with Gasteiger partial charge in [0, 0.05) is 67.5 Å². The van der Waals surface area contributed by atoms with Crippen molar-refractivity contribution in [2.45, 2.75) is 103 Å². The maximum absolute atomic E-state index is 14.7. The first kappa shape index (κ1) is 48.7. The van der Waals surface area contributed by atoms with Gasteiger partial charge in [0.1, 0.15) is 29.3 Å². The van der Waals surface area contributed by atoms with E-state index in [0.29, 0.717) is 57.7 Å². The van der Waals surface area contributed by atoms with Gasteiger partial charge in [-0.2, -0.15) is 4.68 Å². The van der Waals surface area contributed by atoms with Crippen LogP contribution in [0.15, 0.2) is 73.1 Å². The fraction of sp³-hybridized carbons (Fsp3) is 0.449. The zero-order chi connectivity index (χ0) is 49.4. The van der Waals surface area contributed by atoms with Crippen LogP contribution in [0.1, 0.15) is 83.3 Å². The lowest BCUT2D eigenvalue weighted by Gasteiger charge is -2.41. The van der Waals surface area contributed by atoms with Crippen LogP contribution in [0, 0.1) is 0 Å². The highest BCUT2D eigenvalue weighted by Crippen LogP contribution is 2.32. The summed E-state index contributed by atoms with van der Waals surface area (Å²) in [5, 5.41) is 15.0. The summed E-state index contributed by atoms with van der Waals surface area (Å²) >= 11 is 6.39. The molecule has 8 rings (SSSR count). The fourth-order valence-electron chi connectivity index (χ4n) is 9.16. The third-order valence-corrected chi connectivity index (χ3v) is 12.7. The zero-order valence-corrected chi connectivity index (χ0v) is 40.6. The van der Waals surface area contributed by atoms with Crippen molar-refractivity contribution < 1.29 is 43.0 Å². The Balaban J connectivity index is 1.06. The maximum Gasteiger partial charge on any atom is 0.419 e. The number of methoxy groups -OCH3 is 1. The number of nitrogens with one attached hydrogen (secondary N) is 1. The lowest BCUT2D eigenvalue weighted by atomic mass is 9.91. The van der Waals surface area contributed by atoms with Crippen molar-refractivity contribution in [3.63, 3.8) is 0 Å². The van der Waals surface area contributed by atoms with E-state index in [9.17, 15) is 28.8 Å². The molecular weight excluding hydrogens is 908 g/mol. The normalized spacial score (nSPS) is 19.0. The third kappa shape index (κ3) is 11.0. The molecule has 4 heterocycles. The van der Waals surface area contributed by atoms with E-state index in [1.807, 2.05) is 24.3 Å². The van der Waals surface area contributed by atoms with Crippen molar-refractivity contribution in [3.8, 4) is 5.69 Å². The number of anilines is 3. The van der Waals surface area contributed by atoms with E-state index in [0.717, 1.165) is 36.8 Å². The molecule has 5 aromatic rings. The standard InChI is InChI=1S/C49H57ClN10O9/c1-48(2,3)68-46(65)41-26-31-25-33(11-19-37(31)60(41)47(66)69-49(4,5)6)52-43(62)40(58-23-22-57(44(63)45(58)64)39-27-32(50)10-18-38(39)59-29-51-53-54-59)24-30-8-12-35(13-9-30)56-21-20-55(28-42(56)61)34-14-16-36(67-7)17-15-34/h8-13,18-19,25-27,29,34,36,40H,14-17,20-24,28H2,1-7H3,(H,52,62)/t34?,36?,40-/m0/s1. The lowest BCUT2D eigenvalue weighted by molar-refractivity contribution is -0.149. The minimum Gasteiger partial charge on any atom is -0.455 e. The maximum atomic E-state index is 14.7. The third-order valence-electron chi connectivity index (χ3n) is 12.4. The molecule has 1 aliphatic carbocycles. The van der Waals surface area contributed by atoms with Crippen LogP contribution in [0.5, 0.6) is 0 Å². The average molecular weight is 966 g/mol. The molecule has 1 N–H and O–H groups in total. The van der Waals surface area contributed by atoms with E-state index >= 15 is 0 Å². The molecule has 2 saturated heterocycles. The summed E-state index contributed by atoms with van der Waals surface area (Å²) in [5.74, 6) is -3.17. The first-order chi connectivity index (χ1) is 32.8. The monoisotopic (exact) mass is 964 g/mol. The molecule has 0 radical (unpaired) electrons. The number of rotatable bonds is 11. The van der Waals surface area contributed by atoms with Gasteiger partial charge >= 0.3 is 23.9 Å². The SMILES string of the molecule is COC1CCC(N2CCN(c3ccc(C[C@@H](C(=O)Nc4ccc5c(c4)cc(C(=O)OC(C)(C)C)n5C(=O)OC(C)(C)C)N4CCN(c5cc(Cl)ccc5-n5cnnn5)C(=O)C4=O)cc3)C(=O)C2)CC1. The van der Waals surface area contributed by atoms with Crippen LogP contribution in [-0.4, -0.2) is 139 Å². The minimum atomic E-state index is -1.20. The molecule has 4 amide bonds. The first-order valence-electron chi connectivity index (χ1n) is 23.0. The summed E-state index contributed by atoms with van der Waals surface area (Å²) in [6, 6.07) is 17.5. The molecule has 69 heavy (non-hydrogen) atoms. The second kappa shape index (κ2) is 19.7. The highest BCUT2D eigenvalue weighted by Gasteiger charge is 2.41. The number of fused-ring (bicyclic) bond motifs is 1. The van der Waals surface area contributed by atoms with Gasteiger partial charge in [0.25, 0.3) is 0 Å². The van der Waals surface area contributed by atoms with Crippen molar-refractivity contribution in [2.24, 2.45) is 0 Å². The number of carbonyl (C=O) groups is 6. The van der Waals surface area contributed by atoms with Crippen LogP contribution >= 0.6 is 11.6 Å². The van der Waals surface area contributed by atoms with Crippen LogP contribution < -0.4 is 15.1 Å². The number of piperazine rings is 2. The van der Waals surface area contributed by atoms with Gasteiger partial charge in [-0.1, -0.05) is 23.7 Å². The number of hydrogen-bond acceptors (Lipinski definition) is 13. The van der Waals surface area contributed by atoms with E-state index in [2.05, 4.69) is 25.7 Å². The summed E-state index contributed by atoms with van der Waals surface area (Å²) < 4.78 is 19.3. The number of aromatic nitrogens is 5. The summed E-state index contributed by atoms with van der Waals surface area (Å²) in [5.41, 5.74) is 0.891. The summed E-state index contributed by atoms with van der Waals surface area (Å²) in [6.07, 6.45) is 4.78. The molecule has 1 saturated carbocycles. The quantitative estimate of drug-likeness (QED) is 0.119. The van der Waals surface area contributed by atoms with Crippen molar-refractivity contribution >= 4 is 75.3 Å². The minimum absolute atomic E-state index is 0.00154. The largest absolute Gasteiger partial charge is 0.455 e. The smallest absolute Gasteiger partial charge is 0.419 e. The second-order valence-corrected chi connectivity index (χ2v) is 20.0. The second-order valence-electron chi connectivity index (χ2n) is 19.5. The molecule has 3 aromatic carbocycles. The molecular formula is C49H57ClN10O9. The Labute approximate surface area is 404 Å². The Kier molecular flexibility index (Phi) is 13.9. The fourth-order valence-corrected chi connectivity index (χ4v) is 9.33. The first-order valence-corrected chi connectivity index (χ1v) is 23.4. The zero-order valence-electron chi connectivity index (χ0n) is 39.8. The van der Waals surface area contributed by atoms with Crippen molar-refractivity contribution in [3.05, 3.63) is 89.3 Å². The molecule has 20 heteroatoms. The number of halogens is 1. The topological polar surface area (TPSA) is 204 Å². The van der Waals surface area contributed by atoms with Crippen LogP contribution in [0.3, 0.4) is 0 Å². The summed E-state index contributed by atoms with van der Waals surface area (Å²) in [6.45, 7) is 11.8. The van der Waals surface area contributed by atoms with Gasteiger partial charge in [0.05, 0.1) is 29.5 Å². The Morgan fingerprint density at radius 1 is 0.797 bits per heavy atom. The molecule has 2 aromatic heterocycles. The van der Waals surface area contributed by atoms with Gasteiger partial charge in [-0.3, -0.25) is 24.1 Å². The molecule has 2 aliphatic heterocycles. The summed E-state index contributed by atoms with van der Waals surface area (Å²) in [7, 11) is 1.75. The van der Waals surface area contributed by atoms with Crippen LogP contribution in [0.4, 0.5) is 21.9 Å². The lowest BCUT2D eigenvalue weighted by Crippen LogP contribution is -2.60. The average Bonchev–Trinajstić information content (AvgIpc) is 3.98. The van der Waals surface area contributed by atoms with Gasteiger partial charge in [-0.05, 0) is 138 Å². The number of esters is 1. The van der Waals surface area contributed by atoms with Crippen molar-refractivity contribution in [1.82, 2.24) is 34.6 Å². The number of tetrazole rings is 1. The molecule has 0 unspecified atom stereocenters. The van der Waals surface area contributed by atoms with Crippen LogP contribution in [0.25, 0.3) is 16.6 Å². The Morgan fingerprint density at radius 3 is 2.16 bits per heavy atom. The number of carbonyl (C=O) groups excluding carboxylic acids is 6. The van der Waals surface area contributed by atoms with E-state index in [1.54, 1.807) is 90.0 Å². The molecule has 19 nitrogen and oxygen atoms in total. The molecule has 1 atom stereocenters. The van der Waals surface area contributed by atoms with Gasteiger partial charge in [0.2, 0.25) is 11.8 Å². The van der Waals surface area contributed by atoms with Gasteiger partial charge in [-0.25, -0.2) is 14.2 Å². The van der Waals surface area contributed by atoms with Crippen LogP contribution in [0.2, 0.25) is 5.02 Å². The molecule has 0 spiro atoms. The molecule has 0 bridgehead atoms. The van der Waals surface area contributed by atoms with Crippen molar-refractivity contribution in [1.29, 1.82) is 0 Å². The molecule has 3 aliphatic rings.